The summed E-state index contributed by atoms with van der Waals surface area (Å²) >= 11 is 5.47. The molecule has 16 N–H and O–H groups in total. The summed E-state index contributed by atoms with van der Waals surface area (Å²) in [4.78, 5) is 63.4. The number of phosphoric ester groups is 1. The molecule has 3 aromatic carbocycles. The minimum absolute atomic E-state index is 0.108. The minimum Gasteiger partial charge on any atom is -0.508 e. The fourth-order valence-electron chi connectivity index (χ4n) is 11.1. The third kappa shape index (κ3) is 16.9. The van der Waals surface area contributed by atoms with Crippen LogP contribution in [0.2, 0.25) is 0 Å². The first-order chi connectivity index (χ1) is 43.6. The number of nitrogens with one attached hydrogen (secondary N) is 4. The van der Waals surface area contributed by atoms with Crippen molar-refractivity contribution < 1.29 is 122 Å². The Labute approximate surface area is 533 Å². The van der Waals surface area contributed by atoms with Gasteiger partial charge in [-0.3, -0.25) is 23.4 Å². The molecule has 0 radical (unpaired) electrons. The number of hydrogen-bond acceptors (Lipinski definition) is 25. The van der Waals surface area contributed by atoms with E-state index in [1.807, 2.05) is 13.0 Å². The summed E-state index contributed by atoms with van der Waals surface area (Å²) in [5, 5.41) is 108. The van der Waals surface area contributed by atoms with E-state index in [-0.39, 0.29) is 52.6 Å². The topological polar surface area (TPSA) is 454 Å². The van der Waals surface area contributed by atoms with Crippen molar-refractivity contribution in [1.29, 1.82) is 0 Å². The number of benzene rings is 3. The summed E-state index contributed by atoms with van der Waals surface area (Å²) in [7, 11) is -5.26. The van der Waals surface area contributed by atoms with Gasteiger partial charge in [-0.05, 0) is 102 Å². The Morgan fingerprint density at radius 1 is 0.707 bits per heavy atom. The molecule has 3 saturated heterocycles. The second kappa shape index (κ2) is 31.1. The lowest BCUT2D eigenvalue weighted by molar-refractivity contribution is -0.358. The predicted molar refractivity (Wildman–Crippen MR) is 324 cm³/mol. The number of fused-ring (bicyclic) bond motifs is 6. The molecule has 0 aliphatic carbocycles. The Hall–Kier alpha value is -6.56. The number of aromatic hydroxyl groups is 2. The molecular weight excluding hydrogens is 1250 g/mol. The summed E-state index contributed by atoms with van der Waals surface area (Å²) in [5.41, 5.74) is 9.00. The first kappa shape index (κ1) is 71.3. The normalized spacial score (nSPS) is 28.9. The second-order valence-corrected chi connectivity index (χ2v) is 24.6. The van der Waals surface area contributed by atoms with Crippen molar-refractivity contribution in [2.75, 3.05) is 44.9 Å². The fourth-order valence-corrected chi connectivity index (χ4v) is 12.0. The van der Waals surface area contributed by atoms with Gasteiger partial charge in [0, 0.05) is 41.4 Å². The Morgan fingerprint density at radius 2 is 1.30 bits per heavy atom. The van der Waals surface area contributed by atoms with E-state index in [2.05, 4.69) is 54.2 Å². The molecule has 32 heteroatoms. The molecule has 16 atom stereocenters. The van der Waals surface area contributed by atoms with Crippen molar-refractivity contribution in [2.24, 2.45) is 5.73 Å². The molecular formula is C60H78N5O25PS. The highest BCUT2D eigenvalue weighted by atomic mass is 32.1. The van der Waals surface area contributed by atoms with Crippen molar-refractivity contribution in [2.45, 2.75) is 158 Å². The van der Waals surface area contributed by atoms with Gasteiger partial charge in [0.2, 0.25) is 17.7 Å². The fraction of sp³-hybridized carbons (Fsp3) is 0.517. The number of primary amides is 1. The highest BCUT2D eigenvalue weighted by Crippen LogP contribution is 2.57. The van der Waals surface area contributed by atoms with E-state index in [1.165, 1.54) is 41.5 Å². The van der Waals surface area contributed by atoms with Crippen LogP contribution < -0.4 is 31.7 Å². The average Bonchev–Trinajstić information content (AvgIpc) is 1.47. The molecule has 3 aromatic rings. The van der Waals surface area contributed by atoms with Crippen LogP contribution >= 0.6 is 20.0 Å². The van der Waals surface area contributed by atoms with Gasteiger partial charge in [-0.1, -0.05) is 41.0 Å². The zero-order valence-corrected chi connectivity index (χ0v) is 52.4. The van der Waals surface area contributed by atoms with E-state index < -0.39 is 155 Å². The van der Waals surface area contributed by atoms with E-state index in [4.69, 9.17) is 64.9 Å². The smallest absolute Gasteiger partial charge is 0.474 e. The Balaban J connectivity index is 0.904. The van der Waals surface area contributed by atoms with Gasteiger partial charge < -0.3 is 116 Å². The molecule has 1 spiro atoms. The van der Waals surface area contributed by atoms with Gasteiger partial charge in [0.25, 0.3) is 0 Å². The van der Waals surface area contributed by atoms with Crippen LogP contribution in [0.3, 0.4) is 0 Å². The SMILES string of the molecule is CC(=O)NC1[C@H](OC2[C@H](OP(=O)(O)OCCOC/C=C(/C)CC/C=C(\C)CCC=C(C)C)OC(C(N)=O)[C@H](O)[C@@H]2O)OC(CO)[C@@H](O[C@@H]2OC(CO)[C@H](O)[C@H](O)C2NC(=O)CNC(=S)Nc2ccc3c(c2)C(=O)OC32c3ccc(O)cc3Oc3cc(O)ccc32)[C@@H]1O. The van der Waals surface area contributed by atoms with Gasteiger partial charge in [-0.25, -0.2) is 9.36 Å². The maximum absolute atomic E-state index is 13.7. The van der Waals surface area contributed by atoms with Crippen LogP contribution in [0.25, 0.3) is 0 Å². The molecule has 0 bridgehead atoms. The quantitative estimate of drug-likeness (QED) is 0.0173. The van der Waals surface area contributed by atoms with Crippen molar-refractivity contribution >= 4 is 54.5 Å². The molecule has 5 aliphatic rings. The molecule has 0 aromatic heterocycles. The van der Waals surface area contributed by atoms with Crippen molar-refractivity contribution in [3.8, 4) is 23.0 Å². The zero-order valence-electron chi connectivity index (χ0n) is 50.7. The van der Waals surface area contributed by atoms with E-state index >= 15 is 0 Å². The number of carbonyl (C=O) groups is 4. The minimum atomic E-state index is -5.26. The molecule has 504 valence electrons. The number of anilines is 1. The van der Waals surface area contributed by atoms with Crippen LogP contribution in [-0.4, -0.2) is 211 Å². The van der Waals surface area contributed by atoms with Gasteiger partial charge in [-0.15, -0.1) is 0 Å². The number of thiocarbonyl (C=S) groups is 1. The number of nitrogens with two attached hydrogens (primary N) is 1. The van der Waals surface area contributed by atoms with E-state index in [0.717, 1.165) is 38.2 Å². The number of carbonyl (C=O) groups excluding carboxylic acids is 4. The average molecular weight is 1330 g/mol. The summed E-state index contributed by atoms with van der Waals surface area (Å²) in [6.07, 6.45) is -16.3. The summed E-state index contributed by atoms with van der Waals surface area (Å²) in [6.45, 7) is 5.93. The number of phosphoric acid groups is 1. The van der Waals surface area contributed by atoms with Gasteiger partial charge >= 0.3 is 13.8 Å². The van der Waals surface area contributed by atoms with Crippen molar-refractivity contribution in [1.82, 2.24) is 16.0 Å². The van der Waals surface area contributed by atoms with Gasteiger partial charge in [0.1, 0.15) is 90.0 Å². The summed E-state index contributed by atoms with van der Waals surface area (Å²) < 4.78 is 70.7. The molecule has 3 amide bonds. The highest BCUT2D eigenvalue weighted by molar-refractivity contribution is 7.80. The lowest BCUT2D eigenvalue weighted by Gasteiger charge is -2.49. The van der Waals surface area contributed by atoms with Gasteiger partial charge in [0.05, 0.1) is 45.1 Å². The number of hydrogen-bond donors (Lipinski definition) is 15. The van der Waals surface area contributed by atoms with E-state index in [1.54, 1.807) is 24.3 Å². The predicted octanol–water partition coefficient (Wildman–Crippen LogP) is 0.731. The largest absolute Gasteiger partial charge is 0.508 e. The maximum atomic E-state index is 13.7. The van der Waals surface area contributed by atoms with Crippen molar-refractivity contribution in [3.63, 3.8) is 0 Å². The monoisotopic (exact) mass is 1330 g/mol. The van der Waals surface area contributed by atoms with Crippen molar-refractivity contribution in [3.05, 3.63) is 112 Å². The number of rotatable bonds is 26. The second-order valence-electron chi connectivity index (χ2n) is 22.8. The number of esters is 1. The summed E-state index contributed by atoms with van der Waals surface area (Å²) in [5.74, 6) is -3.78. The Morgan fingerprint density at radius 3 is 1.92 bits per heavy atom. The number of amides is 3. The van der Waals surface area contributed by atoms with E-state index in [0.29, 0.717) is 16.7 Å². The third-order valence-electron chi connectivity index (χ3n) is 15.7. The lowest BCUT2D eigenvalue weighted by atomic mass is 9.77. The number of aliphatic hydroxyl groups excluding tert-OH is 7. The maximum Gasteiger partial charge on any atom is 0.474 e. The molecule has 0 saturated carbocycles. The number of aliphatic hydroxyl groups is 7. The molecule has 92 heavy (non-hydrogen) atoms. The van der Waals surface area contributed by atoms with Crippen LogP contribution in [0.15, 0.2) is 89.5 Å². The molecule has 3 fully saturated rings. The lowest BCUT2D eigenvalue weighted by Crippen LogP contribution is -2.70. The molecule has 8 rings (SSSR count). The first-order valence-corrected chi connectivity index (χ1v) is 31.3. The van der Waals surface area contributed by atoms with E-state index in [9.17, 15) is 74.6 Å². The van der Waals surface area contributed by atoms with Crippen LogP contribution in [0.4, 0.5) is 5.69 Å². The number of phenolic OH excluding ortho intramolecular Hbond substituents is 2. The molecule has 7 unspecified atom stereocenters. The molecule has 5 heterocycles. The number of allylic oxidation sites excluding steroid dienone is 5. The summed E-state index contributed by atoms with van der Waals surface area (Å²) in [6, 6.07) is 9.65. The zero-order chi connectivity index (χ0) is 66.9. The number of ether oxygens (including phenoxy) is 8. The first-order valence-electron chi connectivity index (χ1n) is 29.4. The Kier molecular flexibility index (Phi) is 24.1. The van der Waals surface area contributed by atoms with Crippen LogP contribution in [0.5, 0.6) is 23.0 Å². The third-order valence-corrected chi connectivity index (χ3v) is 16.9. The number of phenols is 2. The Bertz CT molecular complexity index is 3260. The van der Waals surface area contributed by atoms with Crippen LogP contribution in [0, 0.1) is 0 Å². The highest BCUT2D eigenvalue weighted by Gasteiger charge is 2.57. The molecule has 5 aliphatic heterocycles. The van der Waals surface area contributed by atoms with Gasteiger partial charge in [-0.2, -0.15) is 0 Å². The van der Waals surface area contributed by atoms with Gasteiger partial charge in [0.15, 0.2) is 35.7 Å². The van der Waals surface area contributed by atoms with Crippen LogP contribution in [-0.2, 0) is 66.8 Å². The standard InChI is InChI=1S/C60H78N5O25PS/c1-28(2)8-6-9-29(3)10-7-11-30(4)18-19-81-20-21-82-91(79,80)90-58-53(50(76)49(75)52(87-58)54(61)77)88-57-45(63-31(5)68)48(74)51(42(27-67)85-57)86-56-44(47(73)46(72)41(26-66)84-56)65-43(71)25-62-59(92)64-32-12-15-36-35(22-32)55(78)89-60(36)37-16-13-33(69)23-39(37)83-40-24-34(70)14-17-38(40)60/h8,10,12-18,22-24,41-42,44-53,56-58,66-67,69-70,72-76H,6-7,9,11,19-21,25-27H2,1-5H3,(H2,61,77)(H,63,68)(H,65,71)(H,79,80)(H2,62,64,92)/b29-10+,30-18-/t41?,42?,44?,45?,46-,47+,48+,49+,50-,51+,52?,53?,56-,57-,58-/m0/s1. The van der Waals surface area contributed by atoms with Crippen LogP contribution in [0.1, 0.15) is 87.4 Å². The molecule has 30 nitrogen and oxygen atoms in total.